The number of carbonyl (C=O) groups excluding carboxylic acids is 1. The van der Waals surface area contributed by atoms with E-state index in [1.807, 2.05) is 13.8 Å². The Morgan fingerprint density at radius 2 is 2.11 bits per heavy atom. The smallest absolute Gasteiger partial charge is 0.262 e. The number of nitrogens with one attached hydrogen (secondary N) is 3. The normalized spacial score (nSPS) is 10.7. The number of hydrogen-bond acceptors (Lipinski definition) is 3. The zero-order valence-corrected chi connectivity index (χ0v) is 11.1. The Morgan fingerprint density at radius 3 is 2.68 bits per heavy atom. The van der Waals surface area contributed by atoms with Crippen LogP contribution < -0.4 is 10.7 Å². The van der Waals surface area contributed by atoms with Gasteiger partial charge in [0.1, 0.15) is 5.56 Å². The van der Waals surface area contributed by atoms with E-state index in [9.17, 15) is 9.59 Å². The predicted molar refractivity (Wildman–Crippen MR) is 72.4 cm³/mol. The van der Waals surface area contributed by atoms with Crippen LogP contribution in [0.25, 0.3) is 0 Å². The van der Waals surface area contributed by atoms with Gasteiger partial charge in [-0.1, -0.05) is 13.8 Å². The van der Waals surface area contributed by atoms with Crippen LogP contribution >= 0.6 is 0 Å². The molecule has 2 aromatic heterocycles. The number of amides is 1. The summed E-state index contributed by atoms with van der Waals surface area (Å²) in [5.41, 5.74) is 1.39. The summed E-state index contributed by atoms with van der Waals surface area (Å²) in [7, 11) is 0. The fraction of sp³-hybridized carbons (Fsp3) is 0.308. The number of carbonyl (C=O) groups is 1. The average molecular weight is 260 g/mol. The molecule has 1 amide bonds. The maximum atomic E-state index is 11.9. The molecule has 2 heterocycles. The Balaban J connectivity index is 2.18. The van der Waals surface area contributed by atoms with E-state index in [2.05, 4.69) is 20.5 Å². The lowest BCUT2D eigenvalue weighted by Crippen LogP contribution is -2.21. The molecule has 0 aliphatic heterocycles. The molecule has 2 rings (SSSR count). The maximum absolute atomic E-state index is 11.9. The molecule has 0 aliphatic rings. The van der Waals surface area contributed by atoms with Gasteiger partial charge in [-0.15, -0.1) is 0 Å². The van der Waals surface area contributed by atoms with Gasteiger partial charge >= 0.3 is 0 Å². The third-order valence-corrected chi connectivity index (χ3v) is 2.76. The highest BCUT2D eigenvalue weighted by molar-refractivity contribution is 6.03. The standard InChI is InChI=1S/C13H16N4O2/c1-7(2)10-5-12(17-16-10)15-13(19)9-6-14-8(3)4-11(9)18/h4-7H,1-3H3,(H,14,18)(H2,15,16,17,19). The highest BCUT2D eigenvalue weighted by Gasteiger charge is 2.12. The third kappa shape index (κ3) is 2.90. The first kappa shape index (κ1) is 13.1. The van der Waals surface area contributed by atoms with Crippen LogP contribution in [0.3, 0.4) is 0 Å². The number of aryl methyl sites for hydroxylation is 1. The van der Waals surface area contributed by atoms with Gasteiger partial charge in [0.05, 0.1) is 0 Å². The molecule has 0 bridgehead atoms. The van der Waals surface area contributed by atoms with Crippen molar-refractivity contribution >= 4 is 11.7 Å². The van der Waals surface area contributed by atoms with E-state index in [4.69, 9.17) is 0 Å². The topological polar surface area (TPSA) is 90.6 Å². The summed E-state index contributed by atoms with van der Waals surface area (Å²) < 4.78 is 0. The summed E-state index contributed by atoms with van der Waals surface area (Å²) in [6.07, 6.45) is 1.41. The number of pyridine rings is 1. The Labute approximate surface area is 110 Å². The van der Waals surface area contributed by atoms with Gasteiger partial charge < -0.3 is 10.3 Å². The van der Waals surface area contributed by atoms with Gasteiger partial charge in [-0.05, 0) is 12.8 Å². The first-order chi connectivity index (χ1) is 8.97. The minimum absolute atomic E-state index is 0.0692. The molecule has 0 atom stereocenters. The summed E-state index contributed by atoms with van der Waals surface area (Å²) in [6, 6.07) is 3.14. The van der Waals surface area contributed by atoms with Crippen molar-refractivity contribution in [1.29, 1.82) is 0 Å². The van der Waals surface area contributed by atoms with E-state index >= 15 is 0 Å². The first-order valence-corrected chi connectivity index (χ1v) is 6.03. The molecule has 3 N–H and O–H groups in total. The lowest BCUT2D eigenvalue weighted by Gasteiger charge is -2.01. The van der Waals surface area contributed by atoms with Crippen LogP contribution in [-0.2, 0) is 0 Å². The lowest BCUT2D eigenvalue weighted by atomic mass is 10.1. The lowest BCUT2D eigenvalue weighted by molar-refractivity contribution is 0.102. The Bertz CT molecular complexity index is 655. The van der Waals surface area contributed by atoms with Crippen molar-refractivity contribution in [2.75, 3.05) is 5.32 Å². The van der Waals surface area contributed by atoms with Crippen molar-refractivity contribution in [1.82, 2.24) is 15.2 Å². The quantitative estimate of drug-likeness (QED) is 0.785. The van der Waals surface area contributed by atoms with Crippen LogP contribution in [0, 0.1) is 6.92 Å². The SMILES string of the molecule is Cc1cc(=O)c(C(=O)Nc2cc(C(C)C)[nH]n2)c[nH]1. The van der Waals surface area contributed by atoms with E-state index in [0.29, 0.717) is 17.4 Å². The van der Waals surface area contributed by atoms with Crippen molar-refractivity contribution < 1.29 is 4.79 Å². The highest BCUT2D eigenvalue weighted by Crippen LogP contribution is 2.14. The summed E-state index contributed by atoms with van der Waals surface area (Å²) in [5.74, 6) is 0.234. The molecule has 19 heavy (non-hydrogen) atoms. The van der Waals surface area contributed by atoms with E-state index in [1.165, 1.54) is 12.3 Å². The van der Waals surface area contributed by atoms with Crippen LogP contribution in [0.4, 0.5) is 5.82 Å². The van der Waals surface area contributed by atoms with Crippen molar-refractivity contribution in [2.45, 2.75) is 26.7 Å². The van der Waals surface area contributed by atoms with Gasteiger partial charge in [0.2, 0.25) is 0 Å². The molecule has 0 unspecified atom stereocenters. The number of aromatic amines is 2. The second-order valence-electron chi connectivity index (χ2n) is 4.71. The van der Waals surface area contributed by atoms with Crippen molar-refractivity contribution in [2.24, 2.45) is 0 Å². The minimum atomic E-state index is -0.469. The Morgan fingerprint density at radius 1 is 1.37 bits per heavy atom. The molecule has 0 radical (unpaired) electrons. The fourth-order valence-electron chi connectivity index (χ4n) is 1.63. The second-order valence-corrected chi connectivity index (χ2v) is 4.71. The van der Waals surface area contributed by atoms with Gasteiger partial charge in [-0.2, -0.15) is 5.10 Å². The molecule has 0 aliphatic carbocycles. The number of hydrogen-bond donors (Lipinski definition) is 3. The van der Waals surface area contributed by atoms with E-state index in [-0.39, 0.29) is 11.0 Å². The van der Waals surface area contributed by atoms with E-state index in [0.717, 1.165) is 5.69 Å². The average Bonchev–Trinajstić information content (AvgIpc) is 2.77. The number of rotatable bonds is 3. The van der Waals surface area contributed by atoms with Crippen molar-refractivity contribution in [3.63, 3.8) is 0 Å². The van der Waals surface area contributed by atoms with Gasteiger partial charge in [-0.3, -0.25) is 14.7 Å². The molecule has 0 saturated carbocycles. The van der Waals surface area contributed by atoms with Crippen LogP contribution in [0.2, 0.25) is 0 Å². The molecule has 6 heteroatoms. The summed E-state index contributed by atoms with van der Waals surface area (Å²) >= 11 is 0. The molecule has 0 aromatic carbocycles. The zero-order valence-electron chi connectivity index (χ0n) is 11.1. The molecule has 2 aromatic rings. The molecular formula is C13H16N4O2. The van der Waals surface area contributed by atoms with Gasteiger partial charge in [0.25, 0.3) is 5.91 Å². The Kier molecular flexibility index (Phi) is 3.50. The van der Waals surface area contributed by atoms with Gasteiger partial charge in [-0.25, -0.2) is 0 Å². The fourth-order valence-corrected chi connectivity index (χ4v) is 1.63. The van der Waals surface area contributed by atoms with Crippen LogP contribution in [0.5, 0.6) is 0 Å². The van der Waals surface area contributed by atoms with Gasteiger partial charge in [0, 0.05) is 29.7 Å². The number of aromatic nitrogens is 3. The zero-order chi connectivity index (χ0) is 14.0. The van der Waals surface area contributed by atoms with Crippen LogP contribution in [-0.4, -0.2) is 21.1 Å². The number of anilines is 1. The third-order valence-electron chi connectivity index (χ3n) is 2.76. The minimum Gasteiger partial charge on any atom is -0.364 e. The van der Waals surface area contributed by atoms with E-state index in [1.54, 1.807) is 13.0 Å². The molecule has 0 saturated heterocycles. The predicted octanol–water partition coefficient (Wildman–Crippen LogP) is 1.78. The second kappa shape index (κ2) is 5.09. The monoisotopic (exact) mass is 260 g/mol. The molecule has 0 spiro atoms. The largest absolute Gasteiger partial charge is 0.364 e. The molecule has 0 fully saturated rings. The van der Waals surface area contributed by atoms with E-state index < -0.39 is 5.91 Å². The van der Waals surface area contributed by atoms with Gasteiger partial charge in [0.15, 0.2) is 11.2 Å². The highest BCUT2D eigenvalue weighted by atomic mass is 16.2. The number of nitrogens with zero attached hydrogens (tertiary/aromatic N) is 1. The first-order valence-electron chi connectivity index (χ1n) is 6.03. The molecule has 6 nitrogen and oxygen atoms in total. The summed E-state index contributed by atoms with van der Waals surface area (Å²) in [6.45, 7) is 5.79. The van der Waals surface area contributed by atoms with Crippen molar-refractivity contribution in [3.05, 3.63) is 45.5 Å². The van der Waals surface area contributed by atoms with Crippen LogP contribution in [0.15, 0.2) is 23.1 Å². The van der Waals surface area contributed by atoms with Crippen molar-refractivity contribution in [3.8, 4) is 0 Å². The van der Waals surface area contributed by atoms with Crippen LogP contribution in [0.1, 0.15) is 41.5 Å². The molecule has 100 valence electrons. The molecular weight excluding hydrogens is 244 g/mol. The number of H-pyrrole nitrogens is 2. The summed E-state index contributed by atoms with van der Waals surface area (Å²) in [4.78, 5) is 26.5. The summed E-state index contributed by atoms with van der Waals surface area (Å²) in [5, 5.41) is 9.41. The maximum Gasteiger partial charge on any atom is 0.262 e. The Hall–Kier alpha value is -2.37.